The summed E-state index contributed by atoms with van der Waals surface area (Å²) in [5, 5.41) is 10.8. The maximum atomic E-state index is 7.38. The van der Waals surface area contributed by atoms with Gasteiger partial charge in [-0.15, -0.1) is 0 Å². The highest BCUT2D eigenvalue weighted by molar-refractivity contribution is 5.63. The summed E-state index contributed by atoms with van der Waals surface area (Å²) in [6.45, 7) is 16.9. The lowest BCUT2D eigenvalue weighted by atomic mass is 9.84. The van der Waals surface area contributed by atoms with Crippen LogP contribution in [0.3, 0.4) is 0 Å². The molecule has 0 aromatic heterocycles. The summed E-state index contributed by atoms with van der Waals surface area (Å²) in [7, 11) is 0. The Balaban J connectivity index is 2.97. The molecule has 112 valence electrons. The number of hydrogen-bond donors (Lipinski definition) is 3. The number of nitrogens with zero attached hydrogens (tertiary/aromatic N) is 1. The zero-order valence-corrected chi connectivity index (χ0v) is 13.2. The molecule has 1 rings (SSSR count). The second kappa shape index (κ2) is 6.46. The van der Waals surface area contributed by atoms with Crippen molar-refractivity contribution in [2.24, 2.45) is 22.6 Å². The van der Waals surface area contributed by atoms with Crippen LogP contribution >= 0.6 is 0 Å². The quantitative estimate of drug-likeness (QED) is 0.471. The van der Waals surface area contributed by atoms with Crippen LogP contribution in [-0.2, 0) is 0 Å². The van der Waals surface area contributed by atoms with E-state index in [4.69, 9.17) is 11.1 Å². The minimum Gasteiger partial charge on any atom is -0.323 e. The maximum Gasteiger partial charge on any atom is 0.0884 e. The van der Waals surface area contributed by atoms with Gasteiger partial charge in [0.2, 0.25) is 0 Å². The van der Waals surface area contributed by atoms with E-state index in [2.05, 4.69) is 51.3 Å². The fourth-order valence-electron chi connectivity index (χ4n) is 2.83. The second-order valence-electron chi connectivity index (χ2n) is 6.01. The molecule has 1 fully saturated rings. The molecule has 0 aromatic carbocycles. The average Bonchev–Trinajstić information content (AvgIpc) is 3.17. The SMILES string of the molecule is C=NCNC1(C(=C)[C@H](C)C(C)=C(C)C)CC1C(N)C=N. The number of aliphatic imine (C=N–C) groups is 1. The van der Waals surface area contributed by atoms with Gasteiger partial charge in [0.15, 0.2) is 0 Å². The first-order valence-electron chi connectivity index (χ1n) is 7.08. The van der Waals surface area contributed by atoms with Crippen molar-refractivity contribution in [3.8, 4) is 0 Å². The molecule has 0 bridgehead atoms. The third-order valence-corrected chi connectivity index (χ3v) is 4.71. The van der Waals surface area contributed by atoms with Crippen LogP contribution < -0.4 is 11.1 Å². The van der Waals surface area contributed by atoms with Crippen molar-refractivity contribution in [2.45, 2.75) is 45.7 Å². The lowest BCUT2D eigenvalue weighted by Crippen LogP contribution is -2.42. The fourth-order valence-corrected chi connectivity index (χ4v) is 2.83. The van der Waals surface area contributed by atoms with Gasteiger partial charge in [-0.05, 0) is 39.8 Å². The highest BCUT2D eigenvalue weighted by Gasteiger charge is 2.58. The van der Waals surface area contributed by atoms with E-state index in [0.29, 0.717) is 12.6 Å². The largest absolute Gasteiger partial charge is 0.323 e. The number of rotatable bonds is 8. The van der Waals surface area contributed by atoms with Gasteiger partial charge in [-0.25, -0.2) is 0 Å². The first-order chi connectivity index (χ1) is 9.31. The van der Waals surface area contributed by atoms with Crippen molar-refractivity contribution in [2.75, 3.05) is 6.67 Å². The van der Waals surface area contributed by atoms with E-state index in [1.807, 2.05) is 0 Å². The van der Waals surface area contributed by atoms with E-state index in [0.717, 1.165) is 12.0 Å². The van der Waals surface area contributed by atoms with Gasteiger partial charge in [-0.1, -0.05) is 30.2 Å². The van der Waals surface area contributed by atoms with E-state index in [9.17, 15) is 0 Å². The van der Waals surface area contributed by atoms with Gasteiger partial charge in [0.25, 0.3) is 0 Å². The standard InChI is InChI=1S/C16H28N4/c1-10(2)11(3)12(4)13(5)16(20-9-19-6)7-14(16)15(18)8-17/h8,12,14-15,17,20H,5-7,9,18H2,1-4H3/t12-,14?,15?,16?/m1/s1. The van der Waals surface area contributed by atoms with Crippen molar-refractivity contribution in [3.05, 3.63) is 23.3 Å². The molecule has 0 radical (unpaired) electrons. The molecule has 0 aromatic rings. The Bertz CT molecular complexity index is 434. The molecule has 0 aliphatic heterocycles. The molecule has 0 spiro atoms. The molecule has 0 saturated heterocycles. The summed E-state index contributed by atoms with van der Waals surface area (Å²) in [4.78, 5) is 3.89. The minimum absolute atomic E-state index is 0.200. The van der Waals surface area contributed by atoms with Gasteiger partial charge >= 0.3 is 0 Å². The van der Waals surface area contributed by atoms with Crippen molar-refractivity contribution < 1.29 is 0 Å². The summed E-state index contributed by atoms with van der Waals surface area (Å²) in [5.74, 6) is 0.516. The average molecular weight is 276 g/mol. The monoisotopic (exact) mass is 276 g/mol. The van der Waals surface area contributed by atoms with E-state index in [1.54, 1.807) is 0 Å². The Morgan fingerprint density at radius 2 is 2.15 bits per heavy atom. The van der Waals surface area contributed by atoms with Crippen LogP contribution in [0.1, 0.15) is 34.1 Å². The van der Waals surface area contributed by atoms with E-state index < -0.39 is 0 Å². The molecular weight excluding hydrogens is 248 g/mol. The normalized spacial score (nSPS) is 27.4. The number of nitrogens with one attached hydrogen (secondary N) is 2. The molecule has 4 N–H and O–H groups in total. The summed E-state index contributed by atoms with van der Waals surface area (Å²) in [6.07, 6.45) is 2.24. The molecule has 0 heterocycles. The predicted molar refractivity (Wildman–Crippen MR) is 87.5 cm³/mol. The van der Waals surface area contributed by atoms with Crippen LogP contribution in [0.15, 0.2) is 28.3 Å². The van der Waals surface area contributed by atoms with Crippen LogP contribution in [0, 0.1) is 17.2 Å². The molecule has 1 aliphatic rings. The number of nitrogens with two attached hydrogens (primary N) is 1. The summed E-state index contributed by atoms with van der Waals surface area (Å²) < 4.78 is 0. The Hall–Kier alpha value is -1.26. The molecule has 4 nitrogen and oxygen atoms in total. The van der Waals surface area contributed by atoms with Gasteiger partial charge < -0.3 is 11.1 Å². The lowest BCUT2D eigenvalue weighted by molar-refractivity contribution is 0.481. The Morgan fingerprint density at radius 3 is 2.60 bits per heavy atom. The van der Waals surface area contributed by atoms with Crippen molar-refractivity contribution in [1.29, 1.82) is 5.41 Å². The third-order valence-electron chi connectivity index (χ3n) is 4.71. The van der Waals surface area contributed by atoms with Crippen molar-refractivity contribution in [1.82, 2.24) is 5.32 Å². The molecule has 1 saturated carbocycles. The maximum absolute atomic E-state index is 7.38. The van der Waals surface area contributed by atoms with Gasteiger partial charge in [0, 0.05) is 23.7 Å². The van der Waals surface area contributed by atoms with E-state index in [-0.39, 0.29) is 17.5 Å². The van der Waals surface area contributed by atoms with Crippen LogP contribution in [0.5, 0.6) is 0 Å². The molecular formula is C16H28N4. The second-order valence-corrected chi connectivity index (χ2v) is 6.01. The van der Waals surface area contributed by atoms with E-state index >= 15 is 0 Å². The Kier molecular flexibility index (Phi) is 5.42. The number of hydrogen-bond acceptors (Lipinski definition) is 4. The third kappa shape index (κ3) is 3.07. The number of allylic oxidation sites excluding steroid dienone is 2. The van der Waals surface area contributed by atoms with Gasteiger partial charge in [-0.2, -0.15) is 0 Å². The Labute approximate surface area is 122 Å². The molecule has 3 unspecified atom stereocenters. The van der Waals surface area contributed by atoms with Gasteiger partial charge in [-0.3, -0.25) is 10.3 Å². The molecule has 20 heavy (non-hydrogen) atoms. The highest BCUT2D eigenvalue weighted by atomic mass is 15.1. The van der Waals surface area contributed by atoms with Gasteiger partial charge in [0.05, 0.1) is 6.67 Å². The van der Waals surface area contributed by atoms with Gasteiger partial charge in [0.1, 0.15) is 0 Å². The topological polar surface area (TPSA) is 74.3 Å². The highest BCUT2D eigenvalue weighted by Crippen LogP contribution is 2.52. The van der Waals surface area contributed by atoms with Crippen molar-refractivity contribution in [3.63, 3.8) is 0 Å². The van der Waals surface area contributed by atoms with Crippen LogP contribution in [0.4, 0.5) is 0 Å². The van der Waals surface area contributed by atoms with Crippen molar-refractivity contribution >= 4 is 12.9 Å². The van der Waals surface area contributed by atoms with Crippen LogP contribution in [0.2, 0.25) is 0 Å². The Morgan fingerprint density at radius 1 is 1.55 bits per heavy atom. The molecule has 1 aliphatic carbocycles. The molecule has 4 atom stereocenters. The molecule has 4 heteroatoms. The predicted octanol–water partition coefficient (Wildman–Crippen LogP) is 2.52. The van der Waals surface area contributed by atoms with Crippen LogP contribution in [0.25, 0.3) is 0 Å². The summed E-state index contributed by atoms with van der Waals surface area (Å²) >= 11 is 0. The minimum atomic E-state index is -0.233. The van der Waals surface area contributed by atoms with E-state index in [1.165, 1.54) is 17.4 Å². The molecule has 0 amide bonds. The zero-order valence-electron chi connectivity index (χ0n) is 13.2. The first-order valence-corrected chi connectivity index (χ1v) is 7.08. The first kappa shape index (κ1) is 16.8. The van der Waals surface area contributed by atoms with Crippen LogP contribution in [-0.4, -0.2) is 31.2 Å². The fraction of sp³-hybridized carbons (Fsp3) is 0.625. The summed E-state index contributed by atoms with van der Waals surface area (Å²) in [5.41, 5.74) is 9.63. The summed E-state index contributed by atoms with van der Waals surface area (Å²) in [6, 6.07) is -0.233. The lowest BCUT2D eigenvalue weighted by Gasteiger charge is -2.28. The smallest absolute Gasteiger partial charge is 0.0884 e. The zero-order chi connectivity index (χ0) is 15.5.